The smallest absolute Gasteiger partial charge is 0.159 e. The number of para-hydroxylation sites is 4. The van der Waals surface area contributed by atoms with Gasteiger partial charge in [-0.1, -0.05) is 78.4 Å². The summed E-state index contributed by atoms with van der Waals surface area (Å²) in [7, 11) is 0. The molecule has 3 nitrogen and oxygen atoms in total. The summed E-state index contributed by atoms with van der Waals surface area (Å²) >= 11 is 0. The van der Waals surface area contributed by atoms with Crippen molar-refractivity contribution in [3.63, 3.8) is 0 Å². The third-order valence-corrected chi connectivity index (χ3v) is 8.37. The Balaban J connectivity index is 1.34. The van der Waals surface area contributed by atoms with Crippen molar-refractivity contribution in [3.8, 4) is 11.4 Å². The van der Waals surface area contributed by atoms with Crippen molar-refractivity contribution in [1.82, 2.24) is 9.13 Å². The van der Waals surface area contributed by atoms with Gasteiger partial charge in [-0.25, -0.2) is 0 Å². The number of benzene rings is 6. The van der Waals surface area contributed by atoms with Gasteiger partial charge >= 0.3 is 0 Å². The number of nitrogens with zero attached hydrogens (tertiary/aromatic N) is 2. The first-order valence-electron chi connectivity index (χ1n) is 13.7. The van der Waals surface area contributed by atoms with Gasteiger partial charge in [0, 0.05) is 38.0 Å². The molecule has 0 unspecified atom stereocenters. The largest absolute Gasteiger partial charge is 0.454 e. The standard InChI is InChI=1S/C37H24N2O/c1-23-17-19-34-29(21-23)27-11-4-5-13-31(27)38(34)24-18-20-36-30(22-24)28-12-8-16-35(37(28)40-36)39-32-14-6-2-9-25(32)26-10-3-7-15-33(26)39/h2-22H,1H3. The number of hydrogen-bond donors (Lipinski definition) is 0. The molecule has 0 aliphatic heterocycles. The van der Waals surface area contributed by atoms with E-state index in [4.69, 9.17) is 4.42 Å². The molecule has 0 bridgehead atoms. The average molecular weight is 513 g/mol. The van der Waals surface area contributed by atoms with Crippen molar-refractivity contribution in [2.45, 2.75) is 6.92 Å². The molecule has 3 heterocycles. The second-order valence-corrected chi connectivity index (χ2v) is 10.7. The summed E-state index contributed by atoms with van der Waals surface area (Å²) < 4.78 is 11.4. The molecule has 0 saturated carbocycles. The van der Waals surface area contributed by atoms with Gasteiger partial charge in [-0.3, -0.25) is 0 Å². The highest BCUT2D eigenvalue weighted by Gasteiger charge is 2.18. The molecule has 0 fully saturated rings. The minimum atomic E-state index is 0.892. The summed E-state index contributed by atoms with van der Waals surface area (Å²) in [5, 5.41) is 7.28. The molecule has 0 saturated heterocycles. The van der Waals surface area contributed by atoms with Crippen LogP contribution >= 0.6 is 0 Å². The summed E-state index contributed by atoms with van der Waals surface area (Å²) in [5.74, 6) is 0. The molecule has 0 spiro atoms. The van der Waals surface area contributed by atoms with Crippen LogP contribution in [0.3, 0.4) is 0 Å². The fourth-order valence-corrected chi connectivity index (χ4v) is 6.63. The van der Waals surface area contributed by atoms with E-state index >= 15 is 0 Å². The molecular formula is C37H24N2O. The van der Waals surface area contributed by atoms with Crippen molar-refractivity contribution in [2.75, 3.05) is 0 Å². The normalized spacial score (nSPS) is 12.1. The van der Waals surface area contributed by atoms with Crippen LogP contribution in [-0.2, 0) is 0 Å². The molecular weight excluding hydrogens is 488 g/mol. The van der Waals surface area contributed by atoms with E-state index in [0.29, 0.717) is 0 Å². The van der Waals surface area contributed by atoms with Gasteiger partial charge in [0.05, 0.1) is 27.8 Å². The predicted molar refractivity (Wildman–Crippen MR) is 167 cm³/mol. The first kappa shape index (κ1) is 21.6. The zero-order valence-corrected chi connectivity index (χ0v) is 21.9. The maximum absolute atomic E-state index is 6.64. The Hall–Kier alpha value is -5.28. The number of rotatable bonds is 2. The summed E-state index contributed by atoms with van der Waals surface area (Å²) in [6.07, 6.45) is 0. The zero-order chi connectivity index (χ0) is 26.4. The Bertz CT molecular complexity index is 2400. The van der Waals surface area contributed by atoms with Crippen molar-refractivity contribution in [1.29, 1.82) is 0 Å². The third kappa shape index (κ3) is 2.84. The summed E-state index contributed by atoms with van der Waals surface area (Å²) in [6.45, 7) is 2.16. The Morgan fingerprint density at radius 1 is 0.450 bits per heavy atom. The molecule has 40 heavy (non-hydrogen) atoms. The molecule has 0 amide bonds. The zero-order valence-electron chi connectivity index (χ0n) is 21.9. The van der Waals surface area contributed by atoms with E-state index in [1.54, 1.807) is 0 Å². The molecule has 6 aromatic carbocycles. The summed E-state index contributed by atoms with van der Waals surface area (Å²) in [5.41, 5.74) is 10.0. The Morgan fingerprint density at radius 2 is 1.05 bits per heavy atom. The van der Waals surface area contributed by atoms with Crippen molar-refractivity contribution < 1.29 is 4.42 Å². The quantitative estimate of drug-likeness (QED) is 0.226. The molecule has 9 aromatic rings. The first-order chi connectivity index (χ1) is 19.8. The Kier molecular flexibility index (Phi) is 4.26. The molecule has 0 atom stereocenters. The minimum Gasteiger partial charge on any atom is -0.454 e. The number of aromatic nitrogens is 2. The molecule has 0 radical (unpaired) electrons. The topological polar surface area (TPSA) is 23.0 Å². The highest BCUT2D eigenvalue weighted by Crippen LogP contribution is 2.39. The minimum absolute atomic E-state index is 0.892. The first-order valence-corrected chi connectivity index (χ1v) is 13.7. The Morgan fingerprint density at radius 3 is 1.77 bits per heavy atom. The van der Waals surface area contributed by atoms with E-state index in [1.165, 1.54) is 49.2 Å². The molecule has 3 aromatic heterocycles. The lowest BCUT2D eigenvalue weighted by atomic mass is 10.1. The molecule has 3 heteroatoms. The average Bonchev–Trinajstić information content (AvgIpc) is 3.64. The lowest BCUT2D eigenvalue weighted by Gasteiger charge is -2.08. The van der Waals surface area contributed by atoms with Crippen molar-refractivity contribution >= 4 is 65.6 Å². The molecule has 0 aliphatic carbocycles. The van der Waals surface area contributed by atoms with Crippen LogP contribution in [-0.4, -0.2) is 9.13 Å². The van der Waals surface area contributed by atoms with Gasteiger partial charge in [0.1, 0.15) is 5.58 Å². The fourth-order valence-electron chi connectivity index (χ4n) is 6.63. The Labute approximate surface area is 230 Å². The lowest BCUT2D eigenvalue weighted by molar-refractivity contribution is 0.666. The fraction of sp³-hybridized carbons (Fsp3) is 0.0270. The molecule has 0 N–H and O–H groups in total. The highest BCUT2D eigenvalue weighted by atomic mass is 16.3. The number of fused-ring (bicyclic) bond motifs is 9. The van der Waals surface area contributed by atoms with E-state index in [-0.39, 0.29) is 0 Å². The number of aryl methyl sites for hydroxylation is 1. The van der Waals surface area contributed by atoms with E-state index in [2.05, 4.69) is 143 Å². The summed E-state index contributed by atoms with van der Waals surface area (Å²) in [6, 6.07) is 45.7. The number of hydrogen-bond acceptors (Lipinski definition) is 1. The van der Waals surface area contributed by atoms with Crippen LogP contribution in [0.25, 0.3) is 76.9 Å². The van der Waals surface area contributed by atoms with Crippen LogP contribution in [0.5, 0.6) is 0 Å². The van der Waals surface area contributed by atoms with Gasteiger partial charge in [0.15, 0.2) is 5.58 Å². The van der Waals surface area contributed by atoms with Crippen molar-refractivity contribution in [3.05, 3.63) is 133 Å². The third-order valence-electron chi connectivity index (χ3n) is 8.37. The predicted octanol–water partition coefficient (Wildman–Crippen LogP) is 10.1. The van der Waals surface area contributed by atoms with Crippen LogP contribution in [0, 0.1) is 6.92 Å². The molecule has 9 rings (SSSR count). The van der Waals surface area contributed by atoms with Gasteiger partial charge in [0.25, 0.3) is 0 Å². The monoisotopic (exact) mass is 512 g/mol. The SMILES string of the molecule is Cc1ccc2c(c1)c1ccccc1n2-c1ccc2oc3c(-n4c5ccccc5c5ccccc54)cccc3c2c1. The van der Waals surface area contributed by atoms with E-state index in [0.717, 1.165) is 33.3 Å². The summed E-state index contributed by atoms with van der Waals surface area (Å²) in [4.78, 5) is 0. The maximum atomic E-state index is 6.64. The maximum Gasteiger partial charge on any atom is 0.159 e. The van der Waals surface area contributed by atoms with E-state index < -0.39 is 0 Å². The van der Waals surface area contributed by atoms with E-state index in [1.807, 2.05) is 0 Å². The van der Waals surface area contributed by atoms with Gasteiger partial charge in [-0.15, -0.1) is 0 Å². The van der Waals surface area contributed by atoms with Crippen LogP contribution in [0.2, 0.25) is 0 Å². The second-order valence-electron chi connectivity index (χ2n) is 10.7. The highest BCUT2D eigenvalue weighted by molar-refractivity contribution is 6.14. The van der Waals surface area contributed by atoms with Crippen LogP contribution in [0.1, 0.15) is 5.56 Å². The van der Waals surface area contributed by atoms with Crippen LogP contribution in [0.4, 0.5) is 0 Å². The molecule has 0 aliphatic rings. The van der Waals surface area contributed by atoms with Gasteiger partial charge in [-0.2, -0.15) is 0 Å². The van der Waals surface area contributed by atoms with Gasteiger partial charge in [-0.05, 0) is 61.5 Å². The van der Waals surface area contributed by atoms with Crippen molar-refractivity contribution in [2.24, 2.45) is 0 Å². The van der Waals surface area contributed by atoms with Crippen LogP contribution < -0.4 is 0 Å². The van der Waals surface area contributed by atoms with Crippen LogP contribution in [0.15, 0.2) is 132 Å². The van der Waals surface area contributed by atoms with E-state index in [9.17, 15) is 0 Å². The van der Waals surface area contributed by atoms with Gasteiger partial charge < -0.3 is 13.6 Å². The molecule has 188 valence electrons. The number of furan rings is 1. The van der Waals surface area contributed by atoms with Gasteiger partial charge in [0.2, 0.25) is 0 Å². The lowest BCUT2D eigenvalue weighted by Crippen LogP contribution is -1.94. The second kappa shape index (κ2) is 7.87.